The molecular weight excluding hydrogens is 717 g/mol. The van der Waals surface area contributed by atoms with Crippen LogP contribution in [0.1, 0.15) is 265 Å². The fourth-order valence-corrected chi connectivity index (χ4v) is 7.30. The van der Waals surface area contributed by atoms with Gasteiger partial charge in [-0.15, -0.1) is 0 Å². The summed E-state index contributed by atoms with van der Waals surface area (Å²) in [5.41, 5.74) is 0. The number of carbonyl (C=O) groups excluding carboxylic acids is 2. The maximum atomic E-state index is 12.7. The van der Waals surface area contributed by atoms with Crippen LogP contribution in [0.2, 0.25) is 0 Å². The molecule has 1 unspecified atom stereocenters. The summed E-state index contributed by atoms with van der Waals surface area (Å²) in [6.07, 6.45) is 58.7. The predicted octanol–water partition coefficient (Wildman–Crippen LogP) is 17.0. The summed E-state index contributed by atoms with van der Waals surface area (Å²) < 4.78 is 17.4. The van der Waals surface area contributed by atoms with Gasteiger partial charge in [-0.1, -0.05) is 211 Å². The Labute approximate surface area is 361 Å². The van der Waals surface area contributed by atoms with Crippen molar-refractivity contribution in [2.45, 2.75) is 271 Å². The van der Waals surface area contributed by atoms with E-state index in [9.17, 15) is 9.59 Å². The van der Waals surface area contributed by atoms with Gasteiger partial charge in [-0.3, -0.25) is 9.59 Å². The summed E-state index contributed by atoms with van der Waals surface area (Å²) in [6.45, 7) is 7.79. The molecule has 0 aromatic carbocycles. The number of hydrogen-bond donors (Lipinski definition) is 0. The van der Waals surface area contributed by atoms with Crippen LogP contribution in [0, 0.1) is 0 Å². The van der Waals surface area contributed by atoms with E-state index in [0.717, 1.165) is 57.8 Å². The van der Waals surface area contributed by atoms with E-state index in [2.05, 4.69) is 57.2 Å². The highest BCUT2D eigenvalue weighted by atomic mass is 16.6. The SMILES string of the molecule is CCCCC/C=C\C/C=C\CCCCCCCCCCCCOCC(COC(=O)CCCCCCC/C=C\CCCCCC)OC(=O)CCCCCCCCCCC. The molecule has 1 atom stereocenters. The first-order valence-electron chi connectivity index (χ1n) is 25.5. The number of hydrogen-bond acceptors (Lipinski definition) is 5. The third-order valence-corrected chi connectivity index (χ3v) is 11.1. The first-order valence-corrected chi connectivity index (χ1v) is 25.5. The summed E-state index contributed by atoms with van der Waals surface area (Å²) in [5.74, 6) is -0.401. The highest BCUT2D eigenvalue weighted by Gasteiger charge is 2.17. The molecule has 0 amide bonds. The van der Waals surface area contributed by atoms with E-state index in [0.29, 0.717) is 19.4 Å². The molecule has 5 nitrogen and oxygen atoms in total. The van der Waals surface area contributed by atoms with Crippen LogP contribution in [-0.2, 0) is 23.8 Å². The molecule has 0 saturated carbocycles. The lowest BCUT2D eigenvalue weighted by atomic mass is 10.1. The van der Waals surface area contributed by atoms with Crippen LogP contribution in [0.25, 0.3) is 0 Å². The van der Waals surface area contributed by atoms with Crippen LogP contribution < -0.4 is 0 Å². The monoisotopic (exact) mass is 815 g/mol. The van der Waals surface area contributed by atoms with E-state index in [1.165, 1.54) is 173 Å². The number of rotatable bonds is 47. The van der Waals surface area contributed by atoms with Gasteiger partial charge in [-0.25, -0.2) is 0 Å². The molecule has 0 rings (SSSR count). The third kappa shape index (κ3) is 46.8. The molecule has 0 aliphatic carbocycles. The molecule has 0 aliphatic rings. The zero-order chi connectivity index (χ0) is 42.1. The van der Waals surface area contributed by atoms with Gasteiger partial charge in [0.1, 0.15) is 6.61 Å². The maximum absolute atomic E-state index is 12.7. The van der Waals surface area contributed by atoms with E-state index >= 15 is 0 Å². The molecular formula is C53H98O5. The van der Waals surface area contributed by atoms with Gasteiger partial charge < -0.3 is 14.2 Å². The lowest BCUT2D eigenvalue weighted by Gasteiger charge is -2.18. The molecule has 0 aromatic heterocycles. The zero-order valence-corrected chi connectivity index (χ0v) is 39.1. The zero-order valence-electron chi connectivity index (χ0n) is 39.1. The van der Waals surface area contributed by atoms with Gasteiger partial charge in [0, 0.05) is 19.4 Å². The molecule has 340 valence electrons. The summed E-state index contributed by atoms with van der Waals surface area (Å²) in [5, 5.41) is 0. The average molecular weight is 815 g/mol. The maximum Gasteiger partial charge on any atom is 0.306 e. The standard InChI is InChI=1S/C53H98O5/c1-4-7-10-13-16-19-21-23-24-25-26-27-28-29-31-33-36-39-42-45-48-56-49-51(58-53(55)47-44-41-38-34-18-15-12-9-6-3)50-57-52(54)46-43-40-37-35-32-30-22-20-17-14-11-8-5-2/h16,19-20,22-24,51H,4-15,17-18,21,25-50H2,1-3H3/b19-16-,22-20-,24-23-. The van der Waals surface area contributed by atoms with Gasteiger partial charge in [-0.05, 0) is 77.0 Å². The Morgan fingerprint density at radius 2 is 0.724 bits per heavy atom. The van der Waals surface area contributed by atoms with Crippen molar-refractivity contribution in [1.82, 2.24) is 0 Å². The second-order valence-corrected chi connectivity index (χ2v) is 17.1. The van der Waals surface area contributed by atoms with Gasteiger partial charge in [0.15, 0.2) is 6.10 Å². The van der Waals surface area contributed by atoms with Crippen molar-refractivity contribution >= 4 is 11.9 Å². The largest absolute Gasteiger partial charge is 0.462 e. The van der Waals surface area contributed by atoms with Gasteiger partial charge in [0.25, 0.3) is 0 Å². The van der Waals surface area contributed by atoms with Crippen LogP contribution in [0.4, 0.5) is 0 Å². The van der Waals surface area contributed by atoms with Crippen LogP contribution in [0.3, 0.4) is 0 Å². The molecule has 0 aromatic rings. The van der Waals surface area contributed by atoms with Gasteiger partial charge in [-0.2, -0.15) is 0 Å². The Bertz CT molecular complexity index is 924. The summed E-state index contributed by atoms with van der Waals surface area (Å²) in [6, 6.07) is 0. The number of carbonyl (C=O) groups is 2. The minimum absolute atomic E-state index is 0.0840. The first kappa shape index (κ1) is 56.1. The van der Waals surface area contributed by atoms with Crippen molar-refractivity contribution in [3.05, 3.63) is 36.5 Å². The fraction of sp³-hybridized carbons (Fsp3) is 0.849. The molecule has 0 N–H and O–H groups in total. The number of ether oxygens (including phenoxy) is 3. The van der Waals surface area contributed by atoms with Crippen molar-refractivity contribution < 1.29 is 23.8 Å². The van der Waals surface area contributed by atoms with Crippen LogP contribution in [0.5, 0.6) is 0 Å². The molecule has 0 saturated heterocycles. The Balaban J connectivity index is 4.15. The molecule has 0 spiro atoms. The first-order chi connectivity index (χ1) is 28.6. The number of esters is 2. The minimum atomic E-state index is -0.534. The van der Waals surface area contributed by atoms with Crippen LogP contribution >= 0.6 is 0 Å². The normalized spacial score (nSPS) is 12.4. The van der Waals surface area contributed by atoms with E-state index in [-0.39, 0.29) is 25.2 Å². The van der Waals surface area contributed by atoms with Crippen LogP contribution in [0.15, 0.2) is 36.5 Å². The Kier molecular flexibility index (Phi) is 47.9. The second kappa shape index (κ2) is 49.5. The summed E-state index contributed by atoms with van der Waals surface area (Å²) >= 11 is 0. The predicted molar refractivity (Wildman–Crippen MR) is 252 cm³/mol. The van der Waals surface area contributed by atoms with E-state index in [1.54, 1.807) is 0 Å². The fourth-order valence-electron chi connectivity index (χ4n) is 7.30. The number of allylic oxidation sites excluding steroid dienone is 6. The smallest absolute Gasteiger partial charge is 0.306 e. The quantitative estimate of drug-likeness (QED) is 0.0348. The lowest BCUT2D eigenvalue weighted by molar-refractivity contribution is -0.163. The Morgan fingerprint density at radius 3 is 1.21 bits per heavy atom. The third-order valence-electron chi connectivity index (χ3n) is 11.1. The summed E-state index contributed by atoms with van der Waals surface area (Å²) in [4.78, 5) is 25.3. The highest BCUT2D eigenvalue weighted by molar-refractivity contribution is 5.70. The summed E-state index contributed by atoms with van der Waals surface area (Å²) in [7, 11) is 0. The molecule has 0 radical (unpaired) electrons. The lowest BCUT2D eigenvalue weighted by Crippen LogP contribution is -2.30. The number of unbranched alkanes of at least 4 members (excludes halogenated alkanes) is 30. The van der Waals surface area contributed by atoms with Crippen molar-refractivity contribution in [3.63, 3.8) is 0 Å². The molecule has 0 bridgehead atoms. The molecule has 0 aliphatic heterocycles. The van der Waals surface area contributed by atoms with E-state index in [4.69, 9.17) is 14.2 Å². The molecule has 0 heterocycles. The highest BCUT2D eigenvalue weighted by Crippen LogP contribution is 2.15. The minimum Gasteiger partial charge on any atom is -0.462 e. The molecule has 0 fully saturated rings. The molecule has 5 heteroatoms. The van der Waals surface area contributed by atoms with Gasteiger partial charge >= 0.3 is 11.9 Å². The van der Waals surface area contributed by atoms with Gasteiger partial charge in [0.05, 0.1) is 6.61 Å². The molecule has 58 heavy (non-hydrogen) atoms. The second-order valence-electron chi connectivity index (χ2n) is 17.1. The van der Waals surface area contributed by atoms with E-state index < -0.39 is 6.10 Å². The van der Waals surface area contributed by atoms with E-state index in [1.807, 2.05) is 0 Å². The topological polar surface area (TPSA) is 61.8 Å². The Morgan fingerprint density at radius 1 is 0.379 bits per heavy atom. The Hall–Kier alpha value is -1.88. The van der Waals surface area contributed by atoms with Crippen molar-refractivity contribution in [2.75, 3.05) is 19.8 Å². The van der Waals surface area contributed by atoms with Crippen molar-refractivity contribution in [1.29, 1.82) is 0 Å². The van der Waals surface area contributed by atoms with Crippen LogP contribution in [-0.4, -0.2) is 37.9 Å². The van der Waals surface area contributed by atoms with Crippen molar-refractivity contribution in [3.8, 4) is 0 Å². The van der Waals surface area contributed by atoms with Gasteiger partial charge in [0.2, 0.25) is 0 Å². The van der Waals surface area contributed by atoms with Crippen molar-refractivity contribution in [2.24, 2.45) is 0 Å². The average Bonchev–Trinajstić information content (AvgIpc) is 3.22.